The second-order valence-electron chi connectivity index (χ2n) is 8.80. The molecule has 6 nitrogen and oxygen atoms in total. The van der Waals surface area contributed by atoms with Gasteiger partial charge in [-0.15, -0.1) is 0 Å². The summed E-state index contributed by atoms with van der Waals surface area (Å²) < 4.78 is 10.9. The molecule has 4 rings (SSSR count). The highest BCUT2D eigenvalue weighted by molar-refractivity contribution is 6.31. The zero-order chi connectivity index (χ0) is 20.4. The van der Waals surface area contributed by atoms with Crippen LogP contribution >= 0.6 is 11.6 Å². The number of aliphatic hydroxyl groups excluding tert-OH is 1. The van der Waals surface area contributed by atoms with Gasteiger partial charge in [-0.2, -0.15) is 0 Å². The van der Waals surface area contributed by atoms with Crippen molar-refractivity contribution >= 4 is 11.6 Å². The third-order valence-corrected chi connectivity index (χ3v) is 7.06. The van der Waals surface area contributed by atoms with Crippen molar-refractivity contribution in [2.75, 3.05) is 46.1 Å². The Morgan fingerprint density at radius 2 is 1.83 bits per heavy atom. The largest absolute Gasteiger partial charge is 0.454 e. The number of rotatable bonds is 6. The van der Waals surface area contributed by atoms with Gasteiger partial charge in [0.25, 0.3) is 0 Å². The number of halogens is 1. The first-order valence-electron chi connectivity index (χ1n) is 11.0. The Balaban J connectivity index is 1.38. The summed E-state index contributed by atoms with van der Waals surface area (Å²) in [6.45, 7) is 11.3. The van der Waals surface area contributed by atoms with E-state index >= 15 is 0 Å². The molecule has 3 aliphatic rings. The van der Waals surface area contributed by atoms with Gasteiger partial charge >= 0.3 is 0 Å². The summed E-state index contributed by atoms with van der Waals surface area (Å²) in [7, 11) is 0. The van der Waals surface area contributed by atoms with E-state index in [-0.39, 0.29) is 13.4 Å². The first kappa shape index (κ1) is 21.2. The monoisotopic (exact) mass is 423 g/mol. The molecule has 0 saturated carbocycles. The van der Waals surface area contributed by atoms with Crippen LogP contribution in [0.5, 0.6) is 11.5 Å². The maximum Gasteiger partial charge on any atom is 0.231 e. The van der Waals surface area contributed by atoms with Gasteiger partial charge in [-0.05, 0) is 57.8 Å². The highest BCUT2D eigenvalue weighted by Crippen LogP contribution is 2.37. The van der Waals surface area contributed by atoms with Gasteiger partial charge in [0.2, 0.25) is 6.79 Å². The van der Waals surface area contributed by atoms with Crippen LogP contribution in [0.15, 0.2) is 12.1 Å². The minimum absolute atomic E-state index is 0.241. The maximum atomic E-state index is 9.67. The molecule has 29 heavy (non-hydrogen) atoms. The molecule has 0 radical (unpaired) electrons. The molecule has 1 aromatic rings. The van der Waals surface area contributed by atoms with Crippen LogP contribution in [0.1, 0.15) is 38.7 Å². The first-order valence-corrected chi connectivity index (χ1v) is 11.3. The summed E-state index contributed by atoms with van der Waals surface area (Å²) in [6, 6.07) is 5.55. The van der Waals surface area contributed by atoms with Gasteiger partial charge in [0.15, 0.2) is 11.5 Å². The van der Waals surface area contributed by atoms with Crippen molar-refractivity contribution in [1.29, 1.82) is 0 Å². The lowest BCUT2D eigenvalue weighted by Gasteiger charge is -2.48. The highest BCUT2D eigenvalue weighted by atomic mass is 35.5. The predicted octanol–water partition coefficient (Wildman–Crippen LogP) is 2.81. The van der Waals surface area contributed by atoms with E-state index in [9.17, 15) is 5.11 Å². The molecule has 0 amide bonds. The van der Waals surface area contributed by atoms with Crippen molar-refractivity contribution in [2.24, 2.45) is 0 Å². The number of fused-ring (bicyclic) bond motifs is 1. The van der Waals surface area contributed by atoms with Gasteiger partial charge in [-0.1, -0.05) is 11.6 Å². The van der Waals surface area contributed by atoms with Crippen LogP contribution in [0.25, 0.3) is 0 Å². The molecule has 2 fully saturated rings. The Kier molecular flexibility index (Phi) is 6.87. The fraction of sp³-hybridized carbons (Fsp3) is 0.727. The van der Waals surface area contributed by atoms with Gasteiger partial charge < -0.3 is 19.5 Å². The average molecular weight is 424 g/mol. The van der Waals surface area contributed by atoms with Crippen molar-refractivity contribution in [1.82, 2.24) is 14.7 Å². The summed E-state index contributed by atoms with van der Waals surface area (Å²) in [4.78, 5) is 7.71. The summed E-state index contributed by atoms with van der Waals surface area (Å²) in [5, 5.41) is 10.4. The summed E-state index contributed by atoms with van der Waals surface area (Å²) in [5.74, 6) is 1.52. The second kappa shape index (κ2) is 9.40. The Labute approximate surface area is 179 Å². The number of aliphatic hydroxyl groups is 1. The molecule has 0 bridgehead atoms. The smallest absolute Gasteiger partial charge is 0.231 e. The molecule has 0 unspecified atom stereocenters. The number of nitrogens with zero attached hydrogens (tertiary/aromatic N) is 3. The first-order chi connectivity index (χ1) is 14.0. The number of likely N-dealkylation sites (tertiary alicyclic amines) is 1. The summed E-state index contributed by atoms with van der Waals surface area (Å²) >= 11 is 6.50. The molecule has 162 valence electrons. The molecular weight excluding hydrogens is 390 g/mol. The topological polar surface area (TPSA) is 48.4 Å². The van der Waals surface area contributed by atoms with Crippen LogP contribution < -0.4 is 9.47 Å². The third kappa shape index (κ3) is 4.83. The summed E-state index contributed by atoms with van der Waals surface area (Å²) in [6.07, 6.45) is 3.29. The lowest BCUT2D eigenvalue weighted by molar-refractivity contribution is -0.0000317. The Morgan fingerprint density at radius 3 is 2.52 bits per heavy atom. The molecule has 2 saturated heterocycles. The fourth-order valence-corrected chi connectivity index (χ4v) is 5.23. The van der Waals surface area contributed by atoms with Crippen molar-refractivity contribution in [3.63, 3.8) is 0 Å². The van der Waals surface area contributed by atoms with E-state index in [1.54, 1.807) is 0 Å². The van der Waals surface area contributed by atoms with E-state index in [0.29, 0.717) is 18.1 Å². The van der Waals surface area contributed by atoms with Gasteiger partial charge in [0.05, 0.1) is 0 Å². The molecule has 3 heterocycles. The molecule has 0 spiro atoms. The zero-order valence-electron chi connectivity index (χ0n) is 17.6. The summed E-state index contributed by atoms with van der Waals surface area (Å²) in [5.41, 5.74) is 1.08. The minimum atomic E-state index is 0.241. The quantitative estimate of drug-likeness (QED) is 0.759. The molecule has 1 aromatic carbocycles. The lowest BCUT2D eigenvalue weighted by atomic mass is 9.97. The minimum Gasteiger partial charge on any atom is -0.454 e. The molecule has 0 aromatic heterocycles. The second-order valence-corrected chi connectivity index (χ2v) is 9.20. The van der Waals surface area contributed by atoms with Crippen LogP contribution in [0, 0.1) is 0 Å². The van der Waals surface area contributed by atoms with E-state index in [2.05, 4.69) is 28.5 Å². The molecule has 7 heteroatoms. The molecule has 0 aliphatic carbocycles. The molecular formula is C22H34ClN3O3. The van der Waals surface area contributed by atoms with E-state index in [1.165, 1.54) is 25.9 Å². The van der Waals surface area contributed by atoms with E-state index in [1.807, 2.05) is 12.1 Å². The van der Waals surface area contributed by atoms with Crippen LogP contribution in [0.4, 0.5) is 0 Å². The third-order valence-electron chi connectivity index (χ3n) is 6.71. The lowest BCUT2D eigenvalue weighted by Crippen LogP contribution is -2.58. The van der Waals surface area contributed by atoms with Crippen LogP contribution in [-0.2, 0) is 6.54 Å². The molecule has 1 N–H and O–H groups in total. The van der Waals surface area contributed by atoms with E-state index < -0.39 is 0 Å². The van der Waals surface area contributed by atoms with Crippen molar-refractivity contribution in [2.45, 2.75) is 57.8 Å². The van der Waals surface area contributed by atoms with Gasteiger partial charge in [-0.3, -0.25) is 9.80 Å². The van der Waals surface area contributed by atoms with Gasteiger partial charge in [0, 0.05) is 62.0 Å². The highest BCUT2D eigenvalue weighted by Gasteiger charge is 2.34. The number of hydrogen-bond donors (Lipinski definition) is 1. The fourth-order valence-electron chi connectivity index (χ4n) is 5.02. The SMILES string of the molecule is CC(C)N1CCC(N2CCN(Cc3cc4c(cc3Cl)OCO4)C[C@@H]2CCO)CC1. The average Bonchev–Trinajstić information content (AvgIpc) is 3.16. The van der Waals surface area contributed by atoms with Crippen LogP contribution in [0.3, 0.4) is 0 Å². The van der Waals surface area contributed by atoms with Crippen molar-refractivity contribution < 1.29 is 14.6 Å². The van der Waals surface area contributed by atoms with Crippen molar-refractivity contribution in [3.05, 3.63) is 22.7 Å². The molecule has 1 atom stereocenters. The van der Waals surface area contributed by atoms with E-state index in [0.717, 1.165) is 54.7 Å². The predicted molar refractivity (Wildman–Crippen MR) is 115 cm³/mol. The normalized spacial score (nSPS) is 24.5. The number of piperidine rings is 1. The van der Waals surface area contributed by atoms with E-state index in [4.69, 9.17) is 21.1 Å². The number of ether oxygens (including phenoxy) is 2. The van der Waals surface area contributed by atoms with Crippen LogP contribution in [0.2, 0.25) is 5.02 Å². The van der Waals surface area contributed by atoms with Crippen LogP contribution in [-0.4, -0.2) is 84.1 Å². The standard InChI is InChI=1S/C22H34ClN3O3/c1-16(2)25-6-3-18(4-7-25)26-9-8-24(14-19(26)5-10-27)13-17-11-21-22(12-20(17)23)29-15-28-21/h11-12,16,18-19,27H,3-10,13-15H2,1-2H3/t19-/m0/s1. The zero-order valence-corrected chi connectivity index (χ0v) is 18.4. The Bertz CT molecular complexity index is 694. The number of hydrogen-bond acceptors (Lipinski definition) is 6. The van der Waals surface area contributed by atoms with Gasteiger partial charge in [0.1, 0.15) is 0 Å². The maximum absolute atomic E-state index is 9.67. The number of benzene rings is 1. The Hall–Kier alpha value is -1.05. The molecule has 3 aliphatic heterocycles. The Morgan fingerprint density at radius 1 is 1.10 bits per heavy atom. The number of piperazine rings is 1. The van der Waals surface area contributed by atoms with Crippen molar-refractivity contribution in [3.8, 4) is 11.5 Å². The van der Waals surface area contributed by atoms with Gasteiger partial charge in [-0.25, -0.2) is 0 Å².